The minimum atomic E-state index is -0.715. The summed E-state index contributed by atoms with van der Waals surface area (Å²) in [7, 11) is 0. The average Bonchev–Trinajstić information content (AvgIpc) is 2.61. The van der Waals surface area contributed by atoms with Crippen molar-refractivity contribution in [2.75, 3.05) is 24.6 Å². The van der Waals surface area contributed by atoms with E-state index in [4.69, 9.17) is 10.5 Å². The van der Waals surface area contributed by atoms with E-state index in [-0.39, 0.29) is 12.4 Å². The second-order valence-corrected chi connectivity index (χ2v) is 6.14. The molecule has 1 amide bonds. The van der Waals surface area contributed by atoms with Gasteiger partial charge in [0.05, 0.1) is 0 Å². The van der Waals surface area contributed by atoms with Crippen molar-refractivity contribution in [3.8, 4) is 5.75 Å². The Morgan fingerprint density at radius 2 is 2.04 bits per heavy atom. The molecule has 2 aromatic rings. The fourth-order valence-electron chi connectivity index (χ4n) is 3.15. The van der Waals surface area contributed by atoms with Gasteiger partial charge in [-0.1, -0.05) is 6.07 Å². The van der Waals surface area contributed by atoms with Gasteiger partial charge in [0.2, 0.25) is 5.91 Å². The summed E-state index contributed by atoms with van der Waals surface area (Å²) < 4.78 is 18.4. The number of aliphatic hydroxyl groups is 1. The average molecular weight is 344 g/mol. The molecule has 1 atom stereocenters. The smallest absolute Gasteiger partial charge is 0.249 e. The minimum absolute atomic E-state index is 0.104. The maximum absolute atomic E-state index is 12.9. The third-order valence-corrected chi connectivity index (χ3v) is 4.30. The number of β-amino-alcohol motifs (C(OH)–C–C–N with tert-alkyl or cyclic N) is 1. The van der Waals surface area contributed by atoms with Crippen molar-refractivity contribution in [3.63, 3.8) is 0 Å². The van der Waals surface area contributed by atoms with Crippen LogP contribution >= 0.6 is 0 Å². The molecule has 0 saturated carbocycles. The Balaban J connectivity index is 1.65. The Labute approximate surface area is 145 Å². The van der Waals surface area contributed by atoms with Crippen LogP contribution in [0.3, 0.4) is 0 Å². The minimum Gasteiger partial charge on any atom is -0.491 e. The molecule has 5 nitrogen and oxygen atoms in total. The first-order valence-electron chi connectivity index (χ1n) is 8.27. The number of nitrogens with two attached hydrogens (primary N) is 1. The van der Waals surface area contributed by atoms with Crippen molar-refractivity contribution in [1.29, 1.82) is 0 Å². The third-order valence-electron chi connectivity index (χ3n) is 4.30. The SMILES string of the molecule is NC(=O)c1cccc2c1CCCN2C[C@H](O)COc1ccc(F)cc1. The number of hydrogen-bond acceptors (Lipinski definition) is 4. The molecule has 0 bridgehead atoms. The summed E-state index contributed by atoms with van der Waals surface area (Å²) in [5.41, 5.74) is 7.87. The maximum Gasteiger partial charge on any atom is 0.249 e. The van der Waals surface area contributed by atoms with Crippen LogP contribution in [0.15, 0.2) is 42.5 Å². The van der Waals surface area contributed by atoms with Crippen LogP contribution in [0.4, 0.5) is 10.1 Å². The van der Waals surface area contributed by atoms with E-state index in [0.29, 0.717) is 17.9 Å². The number of ether oxygens (including phenoxy) is 1. The van der Waals surface area contributed by atoms with E-state index in [0.717, 1.165) is 30.6 Å². The van der Waals surface area contributed by atoms with Crippen LogP contribution in [-0.2, 0) is 6.42 Å². The number of carbonyl (C=O) groups excluding carboxylic acids is 1. The van der Waals surface area contributed by atoms with E-state index in [9.17, 15) is 14.3 Å². The Hall–Kier alpha value is -2.60. The molecule has 0 aliphatic carbocycles. The summed E-state index contributed by atoms with van der Waals surface area (Å²) >= 11 is 0. The van der Waals surface area contributed by atoms with Crippen LogP contribution < -0.4 is 15.4 Å². The number of fused-ring (bicyclic) bond motifs is 1. The summed E-state index contributed by atoms with van der Waals surface area (Å²) in [4.78, 5) is 13.6. The molecule has 0 saturated heterocycles. The highest BCUT2D eigenvalue weighted by Crippen LogP contribution is 2.29. The molecule has 1 aliphatic heterocycles. The van der Waals surface area contributed by atoms with E-state index in [2.05, 4.69) is 0 Å². The van der Waals surface area contributed by atoms with Gasteiger partial charge >= 0.3 is 0 Å². The summed E-state index contributed by atoms with van der Waals surface area (Å²) in [6, 6.07) is 11.2. The second kappa shape index (κ2) is 7.53. The predicted octanol–water partition coefficient (Wildman–Crippen LogP) is 2.12. The molecule has 3 N–H and O–H groups in total. The van der Waals surface area contributed by atoms with E-state index < -0.39 is 12.0 Å². The van der Waals surface area contributed by atoms with Gasteiger partial charge in [0.25, 0.3) is 0 Å². The molecule has 0 fully saturated rings. The molecule has 0 aromatic heterocycles. The van der Waals surface area contributed by atoms with Crippen molar-refractivity contribution in [2.24, 2.45) is 5.73 Å². The Morgan fingerprint density at radius 3 is 2.76 bits per heavy atom. The zero-order valence-corrected chi connectivity index (χ0v) is 13.8. The van der Waals surface area contributed by atoms with Crippen LogP contribution in [0, 0.1) is 5.82 Å². The van der Waals surface area contributed by atoms with Gasteiger partial charge in [0.1, 0.15) is 24.3 Å². The molecular formula is C19H21FN2O3. The van der Waals surface area contributed by atoms with Gasteiger partial charge < -0.3 is 20.5 Å². The van der Waals surface area contributed by atoms with E-state index in [1.807, 2.05) is 11.0 Å². The molecule has 3 rings (SSSR count). The van der Waals surface area contributed by atoms with Gasteiger partial charge in [-0.15, -0.1) is 0 Å². The first-order chi connectivity index (χ1) is 12.0. The standard InChI is InChI=1S/C19H21FN2O3/c20-13-6-8-15(9-7-13)25-12-14(23)11-22-10-2-4-16-17(19(21)24)3-1-5-18(16)22/h1,3,5-9,14,23H,2,4,10-12H2,(H2,21,24)/t14-/m0/s1. The number of carbonyl (C=O) groups is 1. The number of primary amides is 1. The first kappa shape index (κ1) is 17.2. The summed E-state index contributed by atoms with van der Waals surface area (Å²) in [5, 5.41) is 10.3. The highest BCUT2D eigenvalue weighted by molar-refractivity contribution is 5.96. The van der Waals surface area contributed by atoms with Crippen molar-refractivity contribution in [3.05, 3.63) is 59.4 Å². The van der Waals surface area contributed by atoms with Crippen molar-refractivity contribution in [2.45, 2.75) is 18.9 Å². The molecule has 1 aliphatic rings. The number of halogens is 1. The van der Waals surface area contributed by atoms with E-state index in [1.54, 1.807) is 12.1 Å². The number of rotatable bonds is 6. The number of anilines is 1. The number of aliphatic hydroxyl groups excluding tert-OH is 1. The highest BCUT2D eigenvalue weighted by Gasteiger charge is 2.23. The summed E-state index contributed by atoms with van der Waals surface area (Å²) in [5.74, 6) is -0.252. The number of hydrogen-bond donors (Lipinski definition) is 2. The molecule has 132 valence electrons. The van der Waals surface area contributed by atoms with Crippen LogP contribution in [0.2, 0.25) is 0 Å². The molecule has 1 heterocycles. The Morgan fingerprint density at radius 1 is 1.28 bits per heavy atom. The van der Waals surface area contributed by atoms with Gasteiger partial charge in [-0.05, 0) is 54.8 Å². The summed E-state index contributed by atoms with van der Waals surface area (Å²) in [6.45, 7) is 1.28. The maximum atomic E-state index is 12.9. The van der Waals surface area contributed by atoms with Crippen molar-refractivity contribution >= 4 is 11.6 Å². The van der Waals surface area contributed by atoms with E-state index in [1.165, 1.54) is 24.3 Å². The number of benzene rings is 2. The van der Waals surface area contributed by atoms with Gasteiger partial charge in [-0.2, -0.15) is 0 Å². The van der Waals surface area contributed by atoms with Crippen LogP contribution in [0.25, 0.3) is 0 Å². The number of nitrogens with zero attached hydrogens (tertiary/aromatic N) is 1. The molecule has 0 spiro atoms. The lowest BCUT2D eigenvalue weighted by Crippen LogP contribution is -2.39. The zero-order valence-electron chi connectivity index (χ0n) is 13.8. The normalized spacial score (nSPS) is 14.7. The fraction of sp³-hybridized carbons (Fsp3) is 0.316. The molecule has 0 unspecified atom stereocenters. The fourth-order valence-corrected chi connectivity index (χ4v) is 3.15. The van der Waals surface area contributed by atoms with Gasteiger partial charge in [-0.3, -0.25) is 4.79 Å². The van der Waals surface area contributed by atoms with E-state index >= 15 is 0 Å². The molecule has 6 heteroatoms. The zero-order chi connectivity index (χ0) is 17.8. The van der Waals surface area contributed by atoms with Gasteiger partial charge in [-0.25, -0.2) is 4.39 Å². The predicted molar refractivity (Wildman–Crippen MR) is 93.4 cm³/mol. The van der Waals surface area contributed by atoms with Crippen LogP contribution in [0.1, 0.15) is 22.3 Å². The Bertz CT molecular complexity index is 749. The van der Waals surface area contributed by atoms with Crippen LogP contribution in [-0.4, -0.2) is 36.8 Å². The van der Waals surface area contributed by atoms with Gasteiger partial charge in [0, 0.05) is 24.3 Å². The Kier molecular flexibility index (Phi) is 5.19. The largest absolute Gasteiger partial charge is 0.491 e. The number of amides is 1. The van der Waals surface area contributed by atoms with Crippen LogP contribution in [0.5, 0.6) is 5.75 Å². The lowest BCUT2D eigenvalue weighted by Gasteiger charge is -2.33. The monoisotopic (exact) mass is 344 g/mol. The first-order valence-corrected chi connectivity index (χ1v) is 8.27. The lowest BCUT2D eigenvalue weighted by molar-refractivity contribution is 0.0999. The third kappa shape index (κ3) is 4.09. The molecule has 0 radical (unpaired) electrons. The highest BCUT2D eigenvalue weighted by atomic mass is 19.1. The quantitative estimate of drug-likeness (QED) is 0.842. The lowest BCUT2D eigenvalue weighted by atomic mass is 9.95. The molecule has 25 heavy (non-hydrogen) atoms. The molecule has 2 aromatic carbocycles. The topological polar surface area (TPSA) is 75.8 Å². The van der Waals surface area contributed by atoms with Crippen molar-refractivity contribution in [1.82, 2.24) is 0 Å². The second-order valence-electron chi connectivity index (χ2n) is 6.14. The van der Waals surface area contributed by atoms with Gasteiger partial charge in [0.15, 0.2) is 0 Å². The molecular weight excluding hydrogens is 323 g/mol. The summed E-state index contributed by atoms with van der Waals surface area (Å²) in [6.07, 6.45) is 0.976. The van der Waals surface area contributed by atoms with Crippen molar-refractivity contribution < 1.29 is 19.0 Å².